The van der Waals surface area contributed by atoms with E-state index in [1.54, 1.807) is 17.4 Å². The summed E-state index contributed by atoms with van der Waals surface area (Å²) >= 11 is 1.74. The molecule has 1 N–H and O–H groups in total. The van der Waals surface area contributed by atoms with Gasteiger partial charge in [-0.3, -0.25) is 0 Å². The summed E-state index contributed by atoms with van der Waals surface area (Å²) in [6, 6.07) is 9.48. The van der Waals surface area contributed by atoms with Crippen molar-refractivity contribution in [3.8, 4) is 0 Å². The van der Waals surface area contributed by atoms with Crippen molar-refractivity contribution in [2.45, 2.75) is 26.3 Å². The van der Waals surface area contributed by atoms with Gasteiger partial charge in [-0.1, -0.05) is 19.1 Å². The van der Waals surface area contributed by atoms with E-state index < -0.39 is 0 Å². The number of halogens is 1. The van der Waals surface area contributed by atoms with Crippen molar-refractivity contribution in [3.05, 3.63) is 57.5 Å². The van der Waals surface area contributed by atoms with E-state index in [9.17, 15) is 4.39 Å². The molecule has 0 bridgehead atoms. The number of aryl methyl sites for hydroxylation is 1. The first-order chi connectivity index (χ1) is 8.70. The maximum Gasteiger partial charge on any atom is 0.123 e. The van der Waals surface area contributed by atoms with E-state index in [1.165, 1.54) is 10.9 Å². The lowest BCUT2D eigenvalue weighted by molar-refractivity contribution is 0.553. The molecular weight excluding hydrogens is 245 g/mol. The Morgan fingerprint density at radius 2 is 2.17 bits per heavy atom. The Morgan fingerprint density at radius 3 is 2.83 bits per heavy atom. The SMILES string of the molecule is CCNC(Cc1cc(F)ccc1C)c1cccs1. The van der Waals surface area contributed by atoms with Crippen LogP contribution in [0.15, 0.2) is 35.7 Å². The minimum atomic E-state index is -0.156. The van der Waals surface area contributed by atoms with Gasteiger partial charge in [-0.05, 0) is 54.6 Å². The summed E-state index contributed by atoms with van der Waals surface area (Å²) in [5.41, 5.74) is 2.23. The fraction of sp³-hybridized carbons (Fsp3) is 0.333. The molecule has 1 aromatic carbocycles. The number of thiophene rings is 1. The van der Waals surface area contributed by atoms with E-state index >= 15 is 0 Å². The van der Waals surface area contributed by atoms with Gasteiger partial charge in [0.15, 0.2) is 0 Å². The lowest BCUT2D eigenvalue weighted by Gasteiger charge is -2.17. The second-order valence-corrected chi connectivity index (χ2v) is 5.38. The minimum Gasteiger partial charge on any atom is -0.309 e. The highest BCUT2D eigenvalue weighted by Gasteiger charge is 2.13. The van der Waals surface area contributed by atoms with Crippen LogP contribution in [0.1, 0.15) is 29.0 Å². The second kappa shape index (κ2) is 6.12. The van der Waals surface area contributed by atoms with E-state index in [2.05, 4.69) is 29.8 Å². The highest BCUT2D eigenvalue weighted by molar-refractivity contribution is 7.10. The summed E-state index contributed by atoms with van der Waals surface area (Å²) in [4.78, 5) is 1.31. The van der Waals surface area contributed by atoms with Crippen LogP contribution in [0.4, 0.5) is 4.39 Å². The quantitative estimate of drug-likeness (QED) is 0.856. The Balaban J connectivity index is 2.21. The van der Waals surface area contributed by atoms with Crippen LogP contribution in [0.5, 0.6) is 0 Å². The van der Waals surface area contributed by atoms with Crippen molar-refractivity contribution in [2.24, 2.45) is 0 Å². The largest absolute Gasteiger partial charge is 0.309 e. The van der Waals surface area contributed by atoms with E-state index in [0.717, 1.165) is 24.1 Å². The number of benzene rings is 1. The van der Waals surface area contributed by atoms with Crippen LogP contribution in [-0.2, 0) is 6.42 Å². The van der Waals surface area contributed by atoms with Gasteiger partial charge in [0.2, 0.25) is 0 Å². The summed E-state index contributed by atoms with van der Waals surface area (Å²) in [7, 11) is 0. The molecule has 0 aliphatic heterocycles. The average molecular weight is 263 g/mol. The molecule has 3 heteroatoms. The third-order valence-corrected chi connectivity index (χ3v) is 4.06. The summed E-state index contributed by atoms with van der Waals surface area (Å²) < 4.78 is 13.3. The molecule has 0 spiro atoms. The fourth-order valence-electron chi connectivity index (χ4n) is 2.09. The number of hydrogen-bond acceptors (Lipinski definition) is 2. The highest BCUT2D eigenvalue weighted by atomic mass is 32.1. The van der Waals surface area contributed by atoms with Gasteiger partial charge in [-0.15, -0.1) is 11.3 Å². The molecule has 1 nitrogen and oxygen atoms in total. The number of rotatable bonds is 5. The van der Waals surface area contributed by atoms with E-state index in [-0.39, 0.29) is 11.9 Å². The van der Waals surface area contributed by atoms with Crippen LogP contribution >= 0.6 is 11.3 Å². The number of nitrogens with one attached hydrogen (secondary N) is 1. The van der Waals surface area contributed by atoms with Gasteiger partial charge < -0.3 is 5.32 Å². The molecule has 1 atom stereocenters. The Kier molecular flexibility index (Phi) is 4.50. The van der Waals surface area contributed by atoms with Gasteiger partial charge in [-0.2, -0.15) is 0 Å². The molecule has 2 rings (SSSR count). The molecule has 96 valence electrons. The molecule has 18 heavy (non-hydrogen) atoms. The maximum absolute atomic E-state index is 13.3. The Hall–Kier alpha value is -1.19. The van der Waals surface area contributed by atoms with Crippen molar-refractivity contribution < 1.29 is 4.39 Å². The molecular formula is C15H18FNS. The van der Waals surface area contributed by atoms with Crippen molar-refractivity contribution in [2.75, 3.05) is 6.54 Å². The summed E-state index contributed by atoms with van der Waals surface area (Å²) in [5, 5.41) is 5.55. The first-order valence-corrected chi connectivity index (χ1v) is 7.10. The van der Waals surface area contributed by atoms with Gasteiger partial charge in [0.1, 0.15) is 5.82 Å². The Bertz CT molecular complexity index is 493. The lowest BCUT2D eigenvalue weighted by atomic mass is 10.00. The summed E-state index contributed by atoms with van der Waals surface area (Å²) in [6.07, 6.45) is 0.831. The van der Waals surface area contributed by atoms with E-state index in [0.29, 0.717) is 0 Å². The van der Waals surface area contributed by atoms with Gasteiger partial charge in [0.05, 0.1) is 0 Å². The summed E-state index contributed by atoms with van der Waals surface area (Å²) in [6.45, 7) is 5.04. The zero-order chi connectivity index (χ0) is 13.0. The molecule has 1 heterocycles. The topological polar surface area (TPSA) is 12.0 Å². The van der Waals surface area contributed by atoms with Crippen LogP contribution in [0.3, 0.4) is 0 Å². The summed E-state index contributed by atoms with van der Waals surface area (Å²) in [5.74, 6) is -0.156. The highest BCUT2D eigenvalue weighted by Crippen LogP contribution is 2.24. The predicted molar refractivity (Wildman–Crippen MR) is 75.6 cm³/mol. The molecule has 0 saturated carbocycles. The van der Waals surface area contributed by atoms with E-state index in [4.69, 9.17) is 0 Å². The van der Waals surface area contributed by atoms with Crippen molar-refractivity contribution in [1.29, 1.82) is 0 Å². The van der Waals surface area contributed by atoms with Crippen LogP contribution in [0.2, 0.25) is 0 Å². The third kappa shape index (κ3) is 3.18. The maximum atomic E-state index is 13.3. The smallest absolute Gasteiger partial charge is 0.123 e. The molecule has 0 amide bonds. The Labute approximate surface area is 112 Å². The van der Waals surface area contributed by atoms with Crippen molar-refractivity contribution in [1.82, 2.24) is 5.32 Å². The fourth-order valence-corrected chi connectivity index (χ4v) is 2.89. The number of hydrogen-bond donors (Lipinski definition) is 1. The van der Waals surface area contributed by atoms with Gasteiger partial charge in [-0.25, -0.2) is 4.39 Å². The third-order valence-electron chi connectivity index (χ3n) is 3.07. The van der Waals surface area contributed by atoms with E-state index in [1.807, 2.05) is 13.0 Å². The molecule has 0 saturated heterocycles. The van der Waals surface area contributed by atoms with Gasteiger partial charge >= 0.3 is 0 Å². The van der Waals surface area contributed by atoms with Crippen molar-refractivity contribution >= 4 is 11.3 Å². The standard InChI is InChI=1S/C15H18FNS/c1-3-17-14(15-5-4-8-18-15)10-12-9-13(16)7-6-11(12)2/h4-9,14,17H,3,10H2,1-2H3. The number of likely N-dealkylation sites (N-methyl/N-ethyl adjacent to an activating group) is 1. The molecule has 1 unspecified atom stereocenters. The monoisotopic (exact) mass is 263 g/mol. The van der Waals surface area contributed by atoms with Crippen molar-refractivity contribution in [3.63, 3.8) is 0 Å². The molecule has 0 fully saturated rings. The zero-order valence-corrected chi connectivity index (χ0v) is 11.6. The van der Waals surface area contributed by atoms with Crippen LogP contribution in [-0.4, -0.2) is 6.54 Å². The lowest BCUT2D eigenvalue weighted by Crippen LogP contribution is -2.22. The van der Waals surface area contributed by atoms with Gasteiger partial charge in [0, 0.05) is 10.9 Å². The minimum absolute atomic E-state index is 0.156. The van der Waals surface area contributed by atoms with Gasteiger partial charge in [0.25, 0.3) is 0 Å². The second-order valence-electron chi connectivity index (χ2n) is 4.40. The molecule has 0 radical (unpaired) electrons. The van der Waals surface area contributed by atoms with Crippen LogP contribution in [0, 0.1) is 12.7 Å². The molecule has 0 aliphatic rings. The Morgan fingerprint density at radius 1 is 1.33 bits per heavy atom. The normalized spacial score (nSPS) is 12.6. The first-order valence-electron chi connectivity index (χ1n) is 6.22. The molecule has 0 aliphatic carbocycles. The van der Waals surface area contributed by atoms with Crippen LogP contribution in [0.25, 0.3) is 0 Å². The average Bonchev–Trinajstić information content (AvgIpc) is 2.87. The van der Waals surface area contributed by atoms with Crippen LogP contribution < -0.4 is 5.32 Å². The predicted octanol–water partition coefficient (Wildman–Crippen LogP) is 4.09. The molecule has 2 aromatic rings. The zero-order valence-electron chi connectivity index (χ0n) is 10.7. The first kappa shape index (κ1) is 13.2. The molecule has 1 aromatic heterocycles.